The molecular weight excluding hydrogens is 410 g/mol. The highest BCUT2D eigenvalue weighted by Crippen LogP contribution is 2.26. The van der Waals surface area contributed by atoms with Gasteiger partial charge in [-0.1, -0.05) is 35.5 Å². The minimum atomic E-state index is -0.0214. The van der Waals surface area contributed by atoms with Gasteiger partial charge in [-0.3, -0.25) is 4.79 Å². The second kappa shape index (κ2) is 10.5. The molecule has 1 amide bonds. The first-order valence-electron chi connectivity index (χ1n) is 9.28. The molecule has 6 nitrogen and oxygen atoms in total. The van der Waals surface area contributed by atoms with Gasteiger partial charge in [0.2, 0.25) is 5.91 Å². The lowest BCUT2D eigenvalue weighted by atomic mass is 10.1. The van der Waals surface area contributed by atoms with Crippen LogP contribution in [0.15, 0.2) is 47.6 Å². The van der Waals surface area contributed by atoms with E-state index in [2.05, 4.69) is 14.9 Å². The van der Waals surface area contributed by atoms with Gasteiger partial charge in [-0.05, 0) is 42.3 Å². The maximum atomic E-state index is 12.3. The molecule has 3 aromatic rings. The molecule has 1 N–H and O–H groups in total. The largest absolute Gasteiger partial charge is 0.497 e. The van der Waals surface area contributed by atoms with E-state index >= 15 is 0 Å². The van der Waals surface area contributed by atoms with E-state index in [1.807, 2.05) is 42.5 Å². The van der Waals surface area contributed by atoms with Crippen molar-refractivity contribution in [2.75, 3.05) is 33.1 Å². The van der Waals surface area contributed by atoms with Gasteiger partial charge in [0.25, 0.3) is 0 Å². The topological polar surface area (TPSA) is 65.4 Å². The summed E-state index contributed by atoms with van der Waals surface area (Å²) >= 11 is 7.50. The summed E-state index contributed by atoms with van der Waals surface area (Å²) in [6.45, 7) is 1.81. The zero-order valence-corrected chi connectivity index (χ0v) is 18.1. The lowest BCUT2D eigenvalue weighted by Gasteiger charge is -2.09. The third-order valence-electron chi connectivity index (χ3n) is 4.42. The molecule has 8 heteroatoms. The van der Waals surface area contributed by atoms with Crippen LogP contribution in [-0.4, -0.2) is 48.6 Å². The molecule has 0 spiro atoms. The summed E-state index contributed by atoms with van der Waals surface area (Å²) in [6, 6.07) is 13.5. The van der Waals surface area contributed by atoms with Crippen molar-refractivity contribution in [3.05, 3.63) is 53.1 Å². The van der Waals surface area contributed by atoms with E-state index in [-0.39, 0.29) is 5.91 Å². The number of thioether (sulfide) groups is 1. The van der Waals surface area contributed by atoms with Gasteiger partial charge in [0.05, 0.1) is 30.5 Å². The highest BCUT2D eigenvalue weighted by atomic mass is 35.5. The summed E-state index contributed by atoms with van der Waals surface area (Å²) in [5.41, 5.74) is 2.95. The van der Waals surface area contributed by atoms with E-state index in [1.165, 1.54) is 11.8 Å². The van der Waals surface area contributed by atoms with Crippen molar-refractivity contribution >= 4 is 40.3 Å². The lowest BCUT2D eigenvalue weighted by molar-refractivity contribution is -0.118. The molecule has 0 bridgehead atoms. The van der Waals surface area contributed by atoms with Crippen molar-refractivity contribution in [3.63, 3.8) is 0 Å². The van der Waals surface area contributed by atoms with Crippen LogP contribution in [0.3, 0.4) is 0 Å². The highest BCUT2D eigenvalue weighted by Gasteiger charge is 2.13. The van der Waals surface area contributed by atoms with E-state index < -0.39 is 0 Å². The maximum absolute atomic E-state index is 12.3. The van der Waals surface area contributed by atoms with Gasteiger partial charge in [0, 0.05) is 25.2 Å². The number of imidazole rings is 1. The average molecular weight is 434 g/mol. The number of aromatic nitrogens is 2. The number of nitrogens with one attached hydrogen (secondary N) is 1. The fourth-order valence-corrected chi connectivity index (χ4v) is 3.95. The number of fused-ring (bicyclic) bond motifs is 1. The molecular formula is C21H24ClN3O3S. The lowest BCUT2D eigenvalue weighted by Crippen LogP contribution is -2.27. The molecule has 0 radical (unpaired) electrons. The summed E-state index contributed by atoms with van der Waals surface area (Å²) in [5.74, 6) is 1.10. The number of hydrogen-bond acceptors (Lipinski definition) is 5. The van der Waals surface area contributed by atoms with Gasteiger partial charge in [-0.25, -0.2) is 4.98 Å². The quantitative estimate of drug-likeness (QED) is 0.493. The van der Waals surface area contributed by atoms with Gasteiger partial charge in [-0.15, -0.1) is 0 Å². The SMILES string of the molecule is COCCn1c(SCC(=O)NCCc2ccc(OC)cc2)nc2cc(Cl)ccc21. The third kappa shape index (κ3) is 5.88. The predicted octanol–water partition coefficient (Wildman–Crippen LogP) is 3.80. The number of carbonyl (C=O) groups excluding carboxylic acids is 1. The standard InChI is InChI=1S/C21H24ClN3O3S/c1-27-12-11-25-19-8-5-16(22)13-18(19)24-21(25)29-14-20(26)23-10-9-15-3-6-17(28-2)7-4-15/h3-8,13H,9-12,14H2,1-2H3,(H,23,26). The van der Waals surface area contributed by atoms with Gasteiger partial charge in [0.15, 0.2) is 5.16 Å². The third-order valence-corrected chi connectivity index (χ3v) is 5.63. The van der Waals surface area contributed by atoms with Gasteiger partial charge < -0.3 is 19.4 Å². The summed E-state index contributed by atoms with van der Waals surface area (Å²) in [5, 5.41) is 4.38. The minimum absolute atomic E-state index is 0.0214. The number of hydrogen-bond donors (Lipinski definition) is 1. The van der Waals surface area contributed by atoms with Crippen LogP contribution >= 0.6 is 23.4 Å². The van der Waals surface area contributed by atoms with Crippen molar-refractivity contribution in [2.45, 2.75) is 18.1 Å². The fraction of sp³-hybridized carbons (Fsp3) is 0.333. The Morgan fingerprint density at radius 3 is 2.72 bits per heavy atom. The molecule has 0 aliphatic rings. The van der Waals surface area contributed by atoms with Crippen LogP contribution in [0, 0.1) is 0 Å². The first kappa shape index (κ1) is 21.5. The van der Waals surface area contributed by atoms with Crippen molar-refractivity contribution in [1.82, 2.24) is 14.9 Å². The van der Waals surface area contributed by atoms with E-state index in [4.69, 9.17) is 21.1 Å². The van der Waals surface area contributed by atoms with Crippen LogP contribution in [0.5, 0.6) is 5.75 Å². The Hall–Kier alpha value is -2.22. The Morgan fingerprint density at radius 2 is 2.00 bits per heavy atom. The molecule has 29 heavy (non-hydrogen) atoms. The average Bonchev–Trinajstić information content (AvgIpc) is 3.07. The Balaban J connectivity index is 1.55. The normalized spacial score (nSPS) is 11.0. The zero-order chi connectivity index (χ0) is 20.6. The van der Waals surface area contributed by atoms with Crippen molar-refractivity contribution in [1.29, 1.82) is 0 Å². The molecule has 0 atom stereocenters. The molecule has 1 heterocycles. The molecule has 1 aromatic heterocycles. The van der Waals surface area contributed by atoms with Crippen molar-refractivity contribution in [2.24, 2.45) is 0 Å². The molecule has 3 rings (SSSR count). The molecule has 0 aliphatic carbocycles. The molecule has 154 valence electrons. The summed E-state index contributed by atoms with van der Waals surface area (Å²) in [7, 11) is 3.31. The highest BCUT2D eigenvalue weighted by molar-refractivity contribution is 7.99. The number of methoxy groups -OCH3 is 2. The van der Waals surface area contributed by atoms with Crippen molar-refractivity contribution < 1.29 is 14.3 Å². The van der Waals surface area contributed by atoms with Crippen molar-refractivity contribution in [3.8, 4) is 5.75 Å². The number of rotatable bonds is 10. The second-order valence-corrected chi connectivity index (χ2v) is 7.79. The number of halogens is 1. The van der Waals surface area contributed by atoms with Gasteiger partial charge in [0.1, 0.15) is 5.75 Å². The number of carbonyl (C=O) groups is 1. The number of nitrogens with zero attached hydrogens (tertiary/aromatic N) is 2. The Kier molecular flexibility index (Phi) is 7.80. The van der Waals surface area contributed by atoms with Crippen LogP contribution in [0.25, 0.3) is 11.0 Å². The monoisotopic (exact) mass is 433 g/mol. The second-order valence-electron chi connectivity index (χ2n) is 6.41. The summed E-state index contributed by atoms with van der Waals surface area (Å²) in [4.78, 5) is 16.9. The predicted molar refractivity (Wildman–Crippen MR) is 117 cm³/mol. The van der Waals surface area contributed by atoms with E-state index in [1.54, 1.807) is 14.2 Å². The number of amides is 1. The Labute approximate surface area is 179 Å². The smallest absolute Gasteiger partial charge is 0.230 e. The van der Waals surface area contributed by atoms with Crippen LogP contribution in [0.4, 0.5) is 0 Å². The van der Waals surface area contributed by atoms with Crippen LogP contribution in [0.1, 0.15) is 5.56 Å². The first-order chi connectivity index (χ1) is 14.1. The zero-order valence-electron chi connectivity index (χ0n) is 16.5. The minimum Gasteiger partial charge on any atom is -0.497 e. The van der Waals surface area contributed by atoms with E-state index in [9.17, 15) is 4.79 Å². The Morgan fingerprint density at radius 1 is 1.21 bits per heavy atom. The first-order valence-corrected chi connectivity index (χ1v) is 10.6. The van der Waals surface area contributed by atoms with Crippen LogP contribution in [0.2, 0.25) is 5.02 Å². The number of ether oxygens (including phenoxy) is 2. The van der Waals surface area contributed by atoms with Crippen LogP contribution in [-0.2, 0) is 22.5 Å². The molecule has 0 saturated carbocycles. The van der Waals surface area contributed by atoms with Crippen LogP contribution < -0.4 is 10.1 Å². The molecule has 2 aromatic carbocycles. The summed E-state index contributed by atoms with van der Waals surface area (Å²) in [6.07, 6.45) is 0.769. The maximum Gasteiger partial charge on any atom is 0.230 e. The van der Waals surface area contributed by atoms with E-state index in [0.717, 1.165) is 33.9 Å². The fourth-order valence-electron chi connectivity index (χ4n) is 2.91. The molecule has 0 fully saturated rings. The van der Waals surface area contributed by atoms with Gasteiger partial charge >= 0.3 is 0 Å². The number of benzene rings is 2. The molecule has 0 saturated heterocycles. The Bertz CT molecular complexity index is 960. The molecule has 0 aliphatic heterocycles. The van der Waals surface area contributed by atoms with E-state index in [0.29, 0.717) is 30.5 Å². The van der Waals surface area contributed by atoms with Gasteiger partial charge in [-0.2, -0.15) is 0 Å². The molecule has 0 unspecified atom stereocenters. The summed E-state index contributed by atoms with van der Waals surface area (Å²) < 4.78 is 12.4.